The lowest BCUT2D eigenvalue weighted by molar-refractivity contribution is -0.145. The third-order valence-electron chi connectivity index (χ3n) is 4.44. The number of hydrogen-bond donors (Lipinski definition) is 0. The van der Waals surface area contributed by atoms with Gasteiger partial charge in [-0.05, 0) is 13.8 Å². The Morgan fingerprint density at radius 1 is 1.24 bits per heavy atom. The van der Waals surface area contributed by atoms with Gasteiger partial charge in [-0.3, -0.25) is 14.0 Å². The van der Waals surface area contributed by atoms with Gasteiger partial charge in [0, 0.05) is 29.1 Å². The van der Waals surface area contributed by atoms with Crippen molar-refractivity contribution < 1.29 is 13.9 Å². The minimum atomic E-state index is -0.399. The highest BCUT2D eigenvalue weighted by Gasteiger charge is 2.12. The third kappa shape index (κ3) is 4.27. The monoisotopic (exact) mass is 409 g/mol. The summed E-state index contributed by atoms with van der Waals surface area (Å²) in [6.45, 7) is 3.83. The van der Waals surface area contributed by atoms with Crippen LogP contribution in [-0.2, 0) is 22.6 Å². The highest BCUT2D eigenvalue weighted by Crippen LogP contribution is 2.21. The van der Waals surface area contributed by atoms with Gasteiger partial charge < -0.3 is 9.15 Å². The minimum absolute atomic E-state index is 0.0400. The predicted molar refractivity (Wildman–Crippen MR) is 109 cm³/mol. The molecule has 3 heterocycles. The Hall–Kier alpha value is -3.26. The van der Waals surface area contributed by atoms with Crippen molar-refractivity contribution in [2.45, 2.75) is 33.3 Å². The molecule has 7 nitrogen and oxygen atoms in total. The number of oxazole rings is 1. The van der Waals surface area contributed by atoms with Crippen molar-refractivity contribution in [3.05, 3.63) is 75.1 Å². The van der Waals surface area contributed by atoms with E-state index >= 15 is 0 Å². The fraction of sp³-hybridized carbons (Fsp3) is 0.238. The minimum Gasteiger partial charge on any atom is -0.459 e. The molecule has 0 atom stereocenters. The van der Waals surface area contributed by atoms with E-state index in [4.69, 9.17) is 9.15 Å². The van der Waals surface area contributed by atoms with Crippen molar-refractivity contribution in [3.63, 3.8) is 0 Å². The number of benzene rings is 1. The fourth-order valence-electron chi connectivity index (χ4n) is 2.89. The first-order chi connectivity index (χ1) is 14.0. The Bertz CT molecular complexity index is 1220. The molecule has 0 saturated heterocycles. The molecule has 0 saturated carbocycles. The van der Waals surface area contributed by atoms with E-state index in [-0.39, 0.29) is 18.6 Å². The molecule has 0 spiro atoms. The summed E-state index contributed by atoms with van der Waals surface area (Å²) < 4.78 is 12.5. The van der Waals surface area contributed by atoms with E-state index in [9.17, 15) is 9.59 Å². The molecule has 4 aromatic rings. The average Bonchev–Trinajstić information content (AvgIpc) is 3.32. The summed E-state index contributed by atoms with van der Waals surface area (Å²) in [4.78, 5) is 33.4. The van der Waals surface area contributed by atoms with Gasteiger partial charge in [-0.2, -0.15) is 0 Å². The van der Waals surface area contributed by atoms with Crippen molar-refractivity contribution in [2.75, 3.05) is 0 Å². The normalized spacial score (nSPS) is 11.1. The first-order valence-electron chi connectivity index (χ1n) is 9.14. The molecule has 29 heavy (non-hydrogen) atoms. The zero-order valence-corrected chi connectivity index (χ0v) is 16.9. The Morgan fingerprint density at radius 2 is 2.03 bits per heavy atom. The number of hydrogen-bond acceptors (Lipinski definition) is 7. The Balaban J connectivity index is 1.33. The van der Waals surface area contributed by atoms with Gasteiger partial charge in [0.2, 0.25) is 0 Å². The number of aromatic nitrogens is 3. The van der Waals surface area contributed by atoms with Crippen LogP contribution >= 0.6 is 11.3 Å². The molecule has 0 aliphatic rings. The van der Waals surface area contributed by atoms with Gasteiger partial charge in [0.1, 0.15) is 6.61 Å². The SMILES string of the molecule is Cc1ccc(-c2cnc(CCC(=O)OCc3cc(=O)n4c(C)csc4n3)o2)cc1. The molecule has 0 N–H and O–H groups in total. The van der Waals surface area contributed by atoms with E-state index in [2.05, 4.69) is 9.97 Å². The lowest BCUT2D eigenvalue weighted by Gasteiger charge is -2.04. The van der Waals surface area contributed by atoms with Crippen LogP contribution in [0.25, 0.3) is 16.3 Å². The van der Waals surface area contributed by atoms with Gasteiger partial charge in [0.15, 0.2) is 16.6 Å². The van der Waals surface area contributed by atoms with Crippen molar-refractivity contribution in [1.29, 1.82) is 0 Å². The summed E-state index contributed by atoms with van der Waals surface area (Å²) in [6, 6.07) is 9.33. The molecule has 0 unspecified atom stereocenters. The van der Waals surface area contributed by atoms with Gasteiger partial charge in [0.05, 0.1) is 18.3 Å². The molecule has 8 heteroatoms. The molecular weight excluding hydrogens is 390 g/mol. The van der Waals surface area contributed by atoms with Gasteiger partial charge in [-0.25, -0.2) is 9.97 Å². The van der Waals surface area contributed by atoms with Crippen LogP contribution in [0.1, 0.15) is 29.3 Å². The maximum atomic E-state index is 12.1. The number of rotatable bonds is 6. The van der Waals surface area contributed by atoms with E-state index in [0.717, 1.165) is 11.3 Å². The summed E-state index contributed by atoms with van der Waals surface area (Å²) in [5.74, 6) is 0.742. The maximum absolute atomic E-state index is 12.1. The van der Waals surface area contributed by atoms with E-state index in [0.29, 0.717) is 28.7 Å². The molecule has 0 amide bonds. The molecule has 4 rings (SSSR count). The zero-order chi connectivity index (χ0) is 20.4. The van der Waals surface area contributed by atoms with E-state index in [1.807, 2.05) is 43.5 Å². The van der Waals surface area contributed by atoms with Crippen molar-refractivity contribution >= 4 is 22.3 Å². The maximum Gasteiger partial charge on any atom is 0.306 e. The number of fused-ring (bicyclic) bond motifs is 1. The van der Waals surface area contributed by atoms with Crippen molar-refractivity contribution in [3.8, 4) is 11.3 Å². The second kappa shape index (κ2) is 8.00. The zero-order valence-electron chi connectivity index (χ0n) is 16.0. The van der Waals surface area contributed by atoms with Crippen LogP contribution in [0.4, 0.5) is 0 Å². The fourth-order valence-corrected chi connectivity index (χ4v) is 3.78. The predicted octanol–water partition coefficient (Wildman–Crippen LogP) is 3.70. The number of esters is 1. The van der Waals surface area contributed by atoms with Gasteiger partial charge >= 0.3 is 5.97 Å². The molecule has 0 aliphatic heterocycles. The van der Waals surface area contributed by atoms with Crippen LogP contribution in [0.5, 0.6) is 0 Å². The Labute approximate surface area is 170 Å². The number of nitrogens with zero attached hydrogens (tertiary/aromatic N) is 3. The summed E-state index contributed by atoms with van der Waals surface area (Å²) in [6.07, 6.45) is 2.12. The first-order valence-corrected chi connectivity index (χ1v) is 10.0. The molecule has 0 radical (unpaired) electrons. The average molecular weight is 409 g/mol. The van der Waals surface area contributed by atoms with E-state index in [1.54, 1.807) is 6.20 Å². The quantitative estimate of drug-likeness (QED) is 0.451. The summed E-state index contributed by atoms with van der Waals surface area (Å²) in [5.41, 5.74) is 3.20. The van der Waals surface area contributed by atoms with Gasteiger partial charge in [-0.1, -0.05) is 29.8 Å². The van der Waals surface area contributed by atoms with Crippen LogP contribution in [0, 0.1) is 13.8 Å². The molecule has 1 aromatic carbocycles. The lowest BCUT2D eigenvalue weighted by Crippen LogP contribution is -2.16. The largest absolute Gasteiger partial charge is 0.459 e. The third-order valence-corrected chi connectivity index (χ3v) is 5.39. The summed E-state index contributed by atoms with van der Waals surface area (Å²) in [7, 11) is 0. The van der Waals surface area contributed by atoms with Crippen molar-refractivity contribution in [2.24, 2.45) is 0 Å². The van der Waals surface area contributed by atoms with E-state index < -0.39 is 5.97 Å². The molecular formula is C21H19N3O4S. The van der Waals surface area contributed by atoms with Crippen LogP contribution in [0.2, 0.25) is 0 Å². The number of thiazole rings is 1. The highest BCUT2D eigenvalue weighted by atomic mass is 32.1. The van der Waals surface area contributed by atoms with Gasteiger partial charge in [0.25, 0.3) is 5.56 Å². The molecule has 0 bridgehead atoms. The molecule has 0 aliphatic carbocycles. The standard InChI is InChI=1S/C21H19N3O4S/c1-13-3-5-15(6-4-13)17-10-22-18(28-17)7-8-20(26)27-11-16-9-19(25)24-14(2)12-29-21(24)23-16/h3-6,9-10,12H,7-8,11H2,1-2H3. The van der Waals surface area contributed by atoms with E-state index in [1.165, 1.54) is 27.4 Å². The molecule has 148 valence electrons. The smallest absolute Gasteiger partial charge is 0.306 e. The number of carbonyl (C=O) groups is 1. The van der Waals surface area contributed by atoms with Crippen molar-refractivity contribution in [1.82, 2.24) is 14.4 Å². The van der Waals surface area contributed by atoms with Crippen LogP contribution in [-0.4, -0.2) is 20.3 Å². The first kappa shape index (κ1) is 19.1. The number of carbonyl (C=O) groups excluding carboxylic acids is 1. The summed E-state index contributed by atoms with van der Waals surface area (Å²) in [5, 5.41) is 1.86. The second-order valence-electron chi connectivity index (χ2n) is 6.73. The second-order valence-corrected chi connectivity index (χ2v) is 7.56. The molecule has 3 aromatic heterocycles. The number of ether oxygens (including phenoxy) is 1. The number of aryl methyl sites for hydroxylation is 3. The topological polar surface area (TPSA) is 86.7 Å². The van der Waals surface area contributed by atoms with Gasteiger partial charge in [-0.15, -0.1) is 11.3 Å². The Morgan fingerprint density at radius 3 is 2.83 bits per heavy atom. The molecule has 0 fully saturated rings. The Kier molecular flexibility index (Phi) is 5.26. The van der Waals surface area contributed by atoms with Crippen LogP contribution < -0.4 is 5.56 Å². The van der Waals surface area contributed by atoms with Crippen LogP contribution in [0.15, 0.2) is 51.1 Å². The summed E-state index contributed by atoms with van der Waals surface area (Å²) >= 11 is 1.38. The highest BCUT2D eigenvalue weighted by molar-refractivity contribution is 7.15. The lowest BCUT2D eigenvalue weighted by atomic mass is 10.1. The van der Waals surface area contributed by atoms with Crippen LogP contribution in [0.3, 0.4) is 0 Å².